The molecule has 0 atom stereocenters. The summed E-state index contributed by atoms with van der Waals surface area (Å²) in [4.78, 5) is 23.3. The van der Waals surface area contributed by atoms with E-state index in [9.17, 15) is 22.8 Å². The summed E-state index contributed by atoms with van der Waals surface area (Å²) in [7, 11) is 0. The number of benzene rings is 1. The lowest BCUT2D eigenvalue weighted by Crippen LogP contribution is -2.11. The van der Waals surface area contributed by atoms with Crippen LogP contribution in [0.2, 0.25) is 0 Å². The van der Waals surface area contributed by atoms with Gasteiger partial charge in [0.05, 0.1) is 19.4 Å². The highest BCUT2D eigenvalue weighted by atomic mass is 19.2. The highest BCUT2D eigenvalue weighted by Gasteiger charge is 2.13. The number of esters is 2. The van der Waals surface area contributed by atoms with Crippen molar-refractivity contribution in [3.05, 3.63) is 35.1 Å². The molecule has 0 aliphatic rings. The summed E-state index contributed by atoms with van der Waals surface area (Å²) in [6.07, 6.45) is 11.5. The Morgan fingerprint density at radius 3 is 1.80 bits per heavy atom. The lowest BCUT2D eigenvalue weighted by Gasteiger charge is -2.07. The third-order valence-electron chi connectivity index (χ3n) is 4.77. The number of halogens is 3. The molecular weight excluding hydrogens is 397 g/mol. The van der Waals surface area contributed by atoms with Crippen LogP contribution in [0.25, 0.3) is 0 Å². The van der Waals surface area contributed by atoms with Gasteiger partial charge in [-0.15, -0.1) is 0 Å². The Balaban J connectivity index is 2.02. The van der Waals surface area contributed by atoms with Crippen LogP contribution in [0.15, 0.2) is 12.1 Å². The SMILES string of the molecule is CCCCCCCCCCCCOC(=O)CCC(=O)OCc1cc(F)c(F)cc1F. The van der Waals surface area contributed by atoms with Gasteiger partial charge >= 0.3 is 11.9 Å². The van der Waals surface area contributed by atoms with Gasteiger partial charge in [0.25, 0.3) is 0 Å². The predicted octanol–water partition coefficient (Wildman–Crippen LogP) is 6.39. The molecule has 1 aromatic carbocycles. The molecule has 170 valence electrons. The second kappa shape index (κ2) is 15.7. The molecule has 0 spiro atoms. The van der Waals surface area contributed by atoms with Crippen molar-refractivity contribution in [3.63, 3.8) is 0 Å². The molecule has 4 nitrogen and oxygen atoms in total. The smallest absolute Gasteiger partial charge is 0.306 e. The molecule has 0 aliphatic carbocycles. The molecule has 0 fully saturated rings. The minimum absolute atomic E-state index is 0.142. The molecule has 0 aliphatic heterocycles. The van der Waals surface area contributed by atoms with Crippen molar-refractivity contribution < 1.29 is 32.2 Å². The Bertz CT molecular complexity index is 650. The van der Waals surface area contributed by atoms with Crippen molar-refractivity contribution in [1.82, 2.24) is 0 Å². The molecule has 0 N–H and O–H groups in total. The van der Waals surface area contributed by atoms with Crippen LogP contribution in [-0.4, -0.2) is 18.5 Å². The maximum Gasteiger partial charge on any atom is 0.306 e. The zero-order chi connectivity index (χ0) is 22.2. The zero-order valence-corrected chi connectivity index (χ0v) is 17.8. The molecule has 0 aromatic heterocycles. The van der Waals surface area contributed by atoms with E-state index in [-0.39, 0.29) is 18.4 Å². The minimum atomic E-state index is -1.31. The van der Waals surface area contributed by atoms with Crippen LogP contribution in [0.4, 0.5) is 13.2 Å². The highest BCUT2D eigenvalue weighted by molar-refractivity contribution is 5.77. The van der Waals surface area contributed by atoms with Gasteiger partial charge in [-0.05, 0) is 12.5 Å². The van der Waals surface area contributed by atoms with E-state index in [1.807, 2.05) is 0 Å². The first-order valence-corrected chi connectivity index (χ1v) is 10.9. The topological polar surface area (TPSA) is 52.6 Å². The van der Waals surface area contributed by atoms with Gasteiger partial charge in [-0.25, -0.2) is 13.2 Å². The monoisotopic (exact) mass is 430 g/mol. The van der Waals surface area contributed by atoms with E-state index in [1.165, 1.54) is 44.9 Å². The first-order valence-electron chi connectivity index (χ1n) is 10.9. The summed E-state index contributed by atoms with van der Waals surface area (Å²) in [6.45, 7) is 2.00. The van der Waals surface area contributed by atoms with E-state index < -0.39 is 36.0 Å². The summed E-state index contributed by atoms with van der Waals surface area (Å²) in [5.74, 6) is -4.78. The van der Waals surface area contributed by atoms with Crippen LogP contribution >= 0.6 is 0 Å². The molecule has 0 heterocycles. The van der Waals surface area contributed by atoms with Gasteiger partial charge in [0.15, 0.2) is 11.6 Å². The van der Waals surface area contributed by atoms with Gasteiger partial charge in [0, 0.05) is 11.6 Å². The van der Waals surface area contributed by atoms with Gasteiger partial charge < -0.3 is 9.47 Å². The van der Waals surface area contributed by atoms with E-state index in [0.29, 0.717) is 18.7 Å². The average molecular weight is 431 g/mol. The average Bonchev–Trinajstić information content (AvgIpc) is 2.72. The maximum atomic E-state index is 13.5. The molecule has 0 saturated carbocycles. The van der Waals surface area contributed by atoms with E-state index >= 15 is 0 Å². The summed E-state index contributed by atoms with van der Waals surface area (Å²) in [5.41, 5.74) is -0.272. The van der Waals surface area contributed by atoms with Crippen molar-refractivity contribution in [2.24, 2.45) is 0 Å². The van der Waals surface area contributed by atoms with Crippen LogP contribution in [0.5, 0.6) is 0 Å². The first kappa shape index (κ1) is 26.0. The Hall–Kier alpha value is -2.05. The van der Waals surface area contributed by atoms with Crippen LogP contribution in [0.3, 0.4) is 0 Å². The van der Waals surface area contributed by atoms with Crippen molar-refractivity contribution in [2.45, 2.75) is 90.6 Å². The van der Waals surface area contributed by atoms with Crippen molar-refractivity contribution in [1.29, 1.82) is 0 Å². The normalized spacial score (nSPS) is 10.8. The van der Waals surface area contributed by atoms with Gasteiger partial charge in [-0.2, -0.15) is 0 Å². The predicted molar refractivity (Wildman–Crippen MR) is 108 cm³/mol. The molecular formula is C23H33F3O4. The third kappa shape index (κ3) is 11.8. The van der Waals surface area contributed by atoms with Gasteiger partial charge in [0.2, 0.25) is 0 Å². The lowest BCUT2D eigenvalue weighted by atomic mass is 10.1. The van der Waals surface area contributed by atoms with Crippen molar-refractivity contribution >= 4 is 11.9 Å². The summed E-state index contributed by atoms with van der Waals surface area (Å²) in [5, 5.41) is 0. The number of hydrogen-bond acceptors (Lipinski definition) is 4. The molecule has 0 radical (unpaired) electrons. The fraction of sp³-hybridized carbons (Fsp3) is 0.652. The quantitative estimate of drug-likeness (QED) is 0.173. The zero-order valence-electron chi connectivity index (χ0n) is 17.8. The highest BCUT2D eigenvalue weighted by Crippen LogP contribution is 2.15. The van der Waals surface area contributed by atoms with Gasteiger partial charge in [-0.1, -0.05) is 64.7 Å². The molecule has 30 heavy (non-hydrogen) atoms. The number of carbonyl (C=O) groups is 2. The fourth-order valence-corrected chi connectivity index (χ4v) is 2.96. The molecule has 7 heteroatoms. The minimum Gasteiger partial charge on any atom is -0.466 e. The number of unbranched alkanes of at least 4 members (excludes halogenated alkanes) is 9. The van der Waals surface area contributed by atoms with Crippen molar-refractivity contribution in [2.75, 3.05) is 6.61 Å². The number of carbonyl (C=O) groups excluding carboxylic acids is 2. The summed E-state index contributed by atoms with van der Waals surface area (Å²) >= 11 is 0. The third-order valence-corrected chi connectivity index (χ3v) is 4.77. The Morgan fingerprint density at radius 1 is 0.700 bits per heavy atom. The largest absolute Gasteiger partial charge is 0.466 e. The first-order chi connectivity index (χ1) is 14.4. The van der Waals surface area contributed by atoms with Gasteiger partial charge in [0.1, 0.15) is 12.4 Å². The lowest BCUT2D eigenvalue weighted by molar-refractivity contribution is -0.151. The molecule has 1 rings (SSSR count). The van der Waals surface area contributed by atoms with E-state index in [2.05, 4.69) is 6.92 Å². The van der Waals surface area contributed by atoms with Gasteiger partial charge in [-0.3, -0.25) is 9.59 Å². The van der Waals surface area contributed by atoms with Crippen LogP contribution in [0.1, 0.15) is 89.5 Å². The number of rotatable bonds is 16. The van der Waals surface area contributed by atoms with Crippen LogP contribution < -0.4 is 0 Å². The molecule has 0 amide bonds. The second-order valence-electron chi connectivity index (χ2n) is 7.42. The van der Waals surface area contributed by atoms with Crippen molar-refractivity contribution in [3.8, 4) is 0 Å². The summed E-state index contributed by atoms with van der Waals surface area (Å²) in [6, 6.07) is 1.03. The molecule has 0 bridgehead atoms. The Morgan fingerprint density at radius 2 is 1.20 bits per heavy atom. The number of ether oxygens (including phenoxy) is 2. The Labute approximate surface area is 177 Å². The molecule has 0 unspecified atom stereocenters. The molecule has 0 saturated heterocycles. The maximum absolute atomic E-state index is 13.5. The summed E-state index contributed by atoms with van der Waals surface area (Å²) < 4.78 is 49.3. The number of hydrogen-bond donors (Lipinski definition) is 0. The van der Waals surface area contributed by atoms with E-state index in [4.69, 9.17) is 9.47 Å². The van der Waals surface area contributed by atoms with Crippen LogP contribution in [0, 0.1) is 17.5 Å². The standard InChI is InChI=1S/C23H33F3O4/c1-2-3-4-5-6-7-8-9-10-11-14-29-22(27)12-13-23(28)30-17-18-15-20(25)21(26)16-19(18)24/h15-16H,2-14,17H2,1H3. The Kier molecular flexibility index (Phi) is 13.6. The van der Waals surface area contributed by atoms with E-state index in [0.717, 1.165) is 19.3 Å². The second-order valence-corrected chi connectivity index (χ2v) is 7.42. The molecule has 1 aromatic rings. The fourth-order valence-electron chi connectivity index (χ4n) is 2.96. The van der Waals surface area contributed by atoms with E-state index in [1.54, 1.807) is 0 Å². The van der Waals surface area contributed by atoms with Crippen LogP contribution in [-0.2, 0) is 25.7 Å².